The number of nitrogens with zero attached hydrogens (tertiary/aromatic N) is 1. The number of methoxy groups -OCH3 is 1. The van der Waals surface area contributed by atoms with Crippen LogP contribution in [0.5, 0.6) is 5.75 Å². The molecular weight excluding hydrogens is 290 g/mol. The molecule has 0 aliphatic carbocycles. The molecule has 8 nitrogen and oxygen atoms in total. The summed E-state index contributed by atoms with van der Waals surface area (Å²) in [6.45, 7) is 1.05. The van der Waals surface area contributed by atoms with Gasteiger partial charge in [0.1, 0.15) is 5.75 Å². The quantitative estimate of drug-likeness (QED) is 0.706. The Labute approximate surface area is 127 Å². The van der Waals surface area contributed by atoms with E-state index in [-0.39, 0.29) is 19.0 Å². The van der Waals surface area contributed by atoms with Crippen molar-refractivity contribution in [3.05, 3.63) is 23.8 Å². The van der Waals surface area contributed by atoms with Crippen LogP contribution in [0.2, 0.25) is 0 Å². The third kappa shape index (κ3) is 3.46. The van der Waals surface area contributed by atoms with Crippen molar-refractivity contribution in [2.45, 2.75) is 6.42 Å². The van der Waals surface area contributed by atoms with Gasteiger partial charge in [-0.15, -0.1) is 0 Å². The Morgan fingerprint density at radius 1 is 1.45 bits per heavy atom. The van der Waals surface area contributed by atoms with Gasteiger partial charge < -0.3 is 20.5 Å². The van der Waals surface area contributed by atoms with Crippen molar-refractivity contribution in [1.29, 1.82) is 0 Å². The van der Waals surface area contributed by atoms with Crippen molar-refractivity contribution < 1.29 is 24.2 Å². The van der Waals surface area contributed by atoms with Crippen LogP contribution < -0.4 is 20.3 Å². The molecule has 1 fully saturated rings. The summed E-state index contributed by atoms with van der Waals surface area (Å²) in [7, 11) is 1.49. The zero-order chi connectivity index (χ0) is 16.1. The van der Waals surface area contributed by atoms with Gasteiger partial charge in [0.2, 0.25) is 0 Å². The van der Waals surface area contributed by atoms with Crippen LogP contribution in [0, 0.1) is 0 Å². The molecule has 1 heterocycles. The smallest absolute Gasteiger partial charge is 0.322 e. The molecule has 2 rings (SSSR count). The molecule has 1 aromatic carbocycles. The number of ether oxygens (including phenoxy) is 1. The largest absolute Gasteiger partial charge is 0.495 e. The maximum atomic E-state index is 12.0. The molecule has 0 saturated carbocycles. The molecule has 0 unspecified atom stereocenters. The first-order valence-corrected chi connectivity index (χ1v) is 6.76. The van der Waals surface area contributed by atoms with Gasteiger partial charge in [-0.25, -0.2) is 4.79 Å². The van der Waals surface area contributed by atoms with Gasteiger partial charge in [-0.3, -0.25) is 14.5 Å². The minimum absolute atomic E-state index is 0.0414. The molecular formula is C14H17N3O5. The Morgan fingerprint density at radius 3 is 2.82 bits per heavy atom. The van der Waals surface area contributed by atoms with Crippen LogP contribution in [0.1, 0.15) is 16.8 Å². The van der Waals surface area contributed by atoms with E-state index in [1.807, 2.05) is 0 Å². The average Bonchev–Trinajstić information content (AvgIpc) is 2.92. The number of carboxylic acids is 1. The molecule has 1 aromatic rings. The van der Waals surface area contributed by atoms with Gasteiger partial charge in [-0.05, 0) is 18.2 Å². The van der Waals surface area contributed by atoms with Gasteiger partial charge in [0, 0.05) is 25.2 Å². The van der Waals surface area contributed by atoms with Gasteiger partial charge in [-0.2, -0.15) is 0 Å². The summed E-state index contributed by atoms with van der Waals surface area (Å²) in [5.41, 5.74) is 0.837. The van der Waals surface area contributed by atoms with Crippen LogP contribution in [-0.4, -0.2) is 49.8 Å². The third-order valence-corrected chi connectivity index (χ3v) is 3.21. The van der Waals surface area contributed by atoms with Crippen LogP contribution in [-0.2, 0) is 4.79 Å². The van der Waals surface area contributed by atoms with E-state index in [0.717, 1.165) is 0 Å². The van der Waals surface area contributed by atoms with E-state index in [1.165, 1.54) is 12.0 Å². The number of aliphatic carboxylic acids is 1. The van der Waals surface area contributed by atoms with E-state index >= 15 is 0 Å². The maximum Gasteiger partial charge on any atom is 0.322 e. The predicted molar refractivity (Wildman–Crippen MR) is 78.3 cm³/mol. The van der Waals surface area contributed by atoms with Crippen molar-refractivity contribution in [2.24, 2.45) is 0 Å². The number of amides is 3. The third-order valence-electron chi connectivity index (χ3n) is 3.21. The van der Waals surface area contributed by atoms with Crippen LogP contribution in [0.3, 0.4) is 0 Å². The highest BCUT2D eigenvalue weighted by molar-refractivity contribution is 5.99. The summed E-state index contributed by atoms with van der Waals surface area (Å²) < 4.78 is 5.22. The minimum Gasteiger partial charge on any atom is -0.495 e. The monoisotopic (exact) mass is 307 g/mol. The van der Waals surface area contributed by atoms with E-state index in [2.05, 4.69) is 10.6 Å². The van der Waals surface area contributed by atoms with Crippen LogP contribution in [0.4, 0.5) is 10.5 Å². The topological polar surface area (TPSA) is 108 Å². The summed E-state index contributed by atoms with van der Waals surface area (Å²) in [6, 6.07) is 4.47. The first kappa shape index (κ1) is 15.6. The number of hydrogen-bond donors (Lipinski definition) is 3. The molecule has 0 bridgehead atoms. The normalized spacial score (nSPS) is 13.7. The highest BCUT2D eigenvalue weighted by Gasteiger charge is 2.25. The summed E-state index contributed by atoms with van der Waals surface area (Å²) >= 11 is 0. The lowest BCUT2D eigenvalue weighted by molar-refractivity contribution is -0.136. The van der Waals surface area contributed by atoms with Gasteiger partial charge in [0.05, 0.1) is 19.2 Å². The molecule has 1 aliphatic rings. The van der Waals surface area contributed by atoms with E-state index in [1.54, 1.807) is 18.2 Å². The zero-order valence-corrected chi connectivity index (χ0v) is 12.1. The van der Waals surface area contributed by atoms with Crippen molar-refractivity contribution in [2.75, 3.05) is 31.6 Å². The van der Waals surface area contributed by atoms with Crippen LogP contribution in [0.25, 0.3) is 0 Å². The Balaban J connectivity index is 2.17. The average molecular weight is 307 g/mol. The van der Waals surface area contributed by atoms with Crippen LogP contribution >= 0.6 is 0 Å². The Hall–Kier alpha value is -2.77. The van der Waals surface area contributed by atoms with E-state index in [4.69, 9.17) is 9.84 Å². The molecule has 0 spiro atoms. The number of urea groups is 1. The molecule has 0 atom stereocenters. The molecule has 118 valence electrons. The first-order valence-electron chi connectivity index (χ1n) is 6.76. The molecule has 8 heteroatoms. The van der Waals surface area contributed by atoms with Crippen LogP contribution in [0.15, 0.2) is 18.2 Å². The molecule has 22 heavy (non-hydrogen) atoms. The van der Waals surface area contributed by atoms with Gasteiger partial charge in [0.15, 0.2) is 0 Å². The molecule has 3 amide bonds. The highest BCUT2D eigenvalue weighted by atomic mass is 16.5. The molecule has 1 saturated heterocycles. The second kappa shape index (κ2) is 6.79. The van der Waals surface area contributed by atoms with Crippen molar-refractivity contribution in [3.8, 4) is 5.75 Å². The lowest BCUT2D eigenvalue weighted by Crippen LogP contribution is -2.29. The number of hydrogen-bond acceptors (Lipinski definition) is 4. The Kier molecular flexibility index (Phi) is 4.82. The molecule has 1 aliphatic heterocycles. The van der Waals surface area contributed by atoms with E-state index in [9.17, 15) is 14.4 Å². The summed E-state index contributed by atoms with van der Waals surface area (Å²) in [5, 5.41) is 13.8. The number of carbonyl (C=O) groups is 3. The fraction of sp³-hybridized carbons (Fsp3) is 0.357. The SMILES string of the molecule is COc1ccc(C(=O)NCCC(=O)O)cc1N1CCNC1=O. The number of nitrogens with one attached hydrogen (secondary N) is 2. The Bertz CT molecular complexity index is 602. The lowest BCUT2D eigenvalue weighted by Gasteiger charge is -2.18. The van der Waals surface area contributed by atoms with Gasteiger partial charge in [-0.1, -0.05) is 0 Å². The van der Waals surface area contributed by atoms with E-state index < -0.39 is 11.9 Å². The standard InChI is InChI=1S/C14H17N3O5/c1-22-11-3-2-9(13(20)15-5-4-12(18)19)8-10(11)17-7-6-16-14(17)21/h2-3,8H,4-7H2,1H3,(H,15,20)(H,16,21)(H,18,19). The predicted octanol–water partition coefficient (Wildman–Crippen LogP) is 0.429. The number of carboxylic acid groups (broad SMARTS) is 1. The van der Waals surface area contributed by atoms with Crippen molar-refractivity contribution in [3.63, 3.8) is 0 Å². The minimum atomic E-state index is -0.982. The van der Waals surface area contributed by atoms with E-state index in [0.29, 0.717) is 30.1 Å². The second-order valence-corrected chi connectivity index (χ2v) is 4.67. The fourth-order valence-electron chi connectivity index (χ4n) is 2.13. The molecule has 3 N–H and O–H groups in total. The maximum absolute atomic E-state index is 12.0. The summed E-state index contributed by atoms with van der Waals surface area (Å²) in [6.07, 6.45) is -0.150. The van der Waals surface area contributed by atoms with Crippen molar-refractivity contribution >= 4 is 23.6 Å². The number of carbonyl (C=O) groups excluding carboxylic acids is 2. The molecule has 0 radical (unpaired) electrons. The van der Waals surface area contributed by atoms with Gasteiger partial charge >= 0.3 is 12.0 Å². The number of anilines is 1. The number of benzene rings is 1. The number of rotatable bonds is 6. The second-order valence-electron chi connectivity index (χ2n) is 4.67. The van der Waals surface area contributed by atoms with Gasteiger partial charge in [0.25, 0.3) is 5.91 Å². The first-order chi connectivity index (χ1) is 10.5. The zero-order valence-electron chi connectivity index (χ0n) is 12.1. The summed E-state index contributed by atoms with van der Waals surface area (Å²) in [5.74, 6) is -0.895. The fourth-order valence-corrected chi connectivity index (χ4v) is 2.13. The summed E-state index contributed by atoms with van der Waals surface area (Å²) in [4.78, 5) is 35.7. The lowest BCUT2D eigenvalue weighted by atomic mass is 10.1. The van der Waals surface area contributed by atoms with Crippen molar-refractivity contribution in [1.82, 2.24) is 10.6 Å². The highest BCUT2D eigenvalue weighted by Crippen LogP contribution is 2.30. The molecule has 0 aromatic heterocycles. The Morgan fingerprint density at radius 2 is 2.23 bits per heavy atom.